The van der Waals surface area contributed by atoms with E-state index in [0.717, 1.165) is 31.8 Å². The van der Waals surface area contributed by atoms with Gasteiger partial charge in [0, 0.05) is 11.6 Å². The van der Waals surface area contributed by atoms with Crippen molar-refractivity contribution in [2.75, 3.05) is 5.43 Å². The third-order valence-electron chi connectivity index (χ3n) is 3.29. The van der Waals surface area contributed by atoms with Gasteiger partial charge in [-0.25, -0.2) is 4.98 Å². The summed E-state index contributed by atoms with van der Waals surface area (Å²) >= 11 is 1.59. The summed E-state index contributed by atoms with van der Waals surface area (Å²) in [5.41, 5.74) is 5.99. The van der Waals surface area contributed by atoms with Crippen molar-refractivity contribution in [3.05, 3.63) is 66.4 Å². The maximum atomic E-state index is 4.48. The molecule has 2 aromatic heterocycles. The molecule has 0 saturated heterocycles. The largest absolute Gasteiger partial charge is 0.256 e. The summed E-state index contributed by atoms with van der Waals surface area (Å²) in [6, 6.07) is 18.1. The molecule has 0 radical (unpaired) electrons. The molecule has 0 aliphatic rings. The van der Waals surface area contributed by atoms with Gasteiger partial charge in [0.05, 0.1) is 21.9 Å². The SMILES string of the molecule is C(=N/Nc1nc2ccccc2s1)/c1ccc2ncccc2c1. The van der Waals surface area contributed by atoms with Crippen LogP contribution in [0.4, 0.5) is 5.13 Å². The molecule has 0 unspecified atom stereocenters. The molecule has 106 valence electrons. The van der Waals surface area contributed by atoms with Gasteiger partial charge in [-0.1, -0.05) is 35.6 Å². The number of thiazole rings is 1. The van der Waals surface area contributed by atoms with Crippen molar-refractivity contribution in [1.82, 2.24) is 9.97 Å². The predicted octanol–water partition coefficient (Wildman–Crippen LogP) is 4.29. The Labute approximate surface area is 131 Å². The van der Waals surface area contributed by atoms with Crippen LogP contribution in [0.3, 0.4) is 0 Å². The molecule has 0 aliphatic carbocycles. The van der Waals surface area contributed by atoms with Gasteiger partial charge in [-0.2, -0.15) is 5.10 Å². The first-order valence-electron chi connectivity index (χ1n) is 6.88. The lowest BCUT2D eigenvalue weighted by atomic mass is 10.1. The van der Waals surface area contributed by atoms with Gasteiger partial charge in [0.15, 0.2) is 0 Å². The van der Waals surface area contributed by atoms with Crippen molar-refractivity contribution in [3.8, 4) is 0 Å². The molecule has 4 nitrogen and oxygen atoms in total. The molecule has 22 heavy (non-hydrogen) atoms. The fraction of sp³-hybridized carbons (Fsp3) is 0. The number of hydrogen-bond acceptors (Lipinski definition) is 5. The number of nitrogens with zero attached hydrogens (tertiary/aromatic N) is 3. The minimum absolute atomic E-state index is 0.792. The molecule has 0 bridgehead atoms. The minimum Gasteiger partial charge on any atom is -0.256 e. The molecule has 2 aromatic carbocycles. The van der Waals surface area contributed by atoms with Gasteiger partial charge in [0.25, 0.3) is 0 Å². The van der Waals surface area contributed by atoms with Crippen molar-refractivity contribution < 1.29 is 0 Å². The molecule has 1 N–H and O–H groups in total. The van der Waals surface area contributed by atoms with E-state index in [1.54, 1.807) is 23.7 Å². The Morgan fingerprint density at radius 1 is 1.00 bits per heavy atom. The molecule has 5 heteroatoms. The highest BCUT2D eigenvalue weighted by atomic mass is 32.1. The number of hydrogen-bond donors (Lipinski definition) is 1. The number of nitrogens with one attached hydrogen (secondary N) is 1. The Morgan fingerprint density at radius 2 is 1.95 bits per heavy atom. The zero-order valence-corrected chi connectivity index (χ0v) is 12.4. The van der Waals surface area contributed by atoms with Crippen LogP contribution in [-0.4, -0.2) is 16.2 Å². The summed E-state index contributed by atoms with van der Waals surface area (Å²) in [7, 11) is 0. The van der Waals surface area contributed by atoms with Crippen molar-refractivity contribution in [2.45, 2.75) is 0 Å². The summed E-state index contributed by atoms with van der Waals surface area (Å²) in [4.78, 5) is 8.78. The van der Waals surface area contributed by atoms with E-state index in [9.17, 15) is 0 Å². The molecule has 0 spiro atoms. The molecular weight excluding hydrogens is 292 g/mol. The van der Waals surface area contributed by atoms with Crippen LogP contribution in [0.2, 0.25) is 0 Å². The lowest BCUT2D eigenvalue weighted by Crippen LogP contribution is -1.90. The first-order chi connectivity index (χ1) is 10.9. The van der Waals surface area contributed by atoms with Gasteiger partial charge in [0.2, 0.25) is 5.13 Å². The predicted molar refractivity (Wildman–Crippen MR) is 92.6 cm³/mol. The number of fused-ring (bicyclic) bond motifs is 2. The number of aromatic nitrogens is 2. The lowest BCUT2D eigenvalue weighted by molar-refractivity contribution is 1.31. The van der Waals surface area contributed by atoms with Gasteiger partial charge < -0.3 is 0 Å². The summed E-state index contributed by atoms with van der Waals surface area (Å²) in [6.45, 7) is 0. The first kappa shape index (κ1) is 12.9. The number of hydrazone groups is 1. The highest BCUT2D eigenvalue weighted by molar-refractivity contribution is 7.22. The number of para-hydroxylation sites is 1. The number of anilines is 1. The van der Waals surface area contributed by atoms with Crippen LogP contribution in [0.15, 0.2) is 65.9 Å². The Morgan fingerprint density at radius 3 is 2.91 bits per heavy atom. The van der Waals surface area contributed by atoms with Crippen LogP contribution in [-0.2, 0) is 0 Å². The first-order valence-corrected chi connectivity index (χ1v) is 7.69. The maximum absolute atomic E-state index is 4.48. The fourth-order valence-electron chi connectivity index (χ4n) is 2.26. The number of benzene rings is 2. The van der Waals surface area contributed by atoms with Crippen LogP contribution in [0.1, 0.15) is 5.56 Å². The van der Waals surface area contributed by atoms with Crippen LogP contribution >= 0.6 is 11.3 Å². The summed E-state index contributed by atoms with van der Waals surface area (Å²) in [5.74, 6) is 0. The highest BCUT2D eigenvalue weighted by Gasteiger charge is 2.00. The minimum atomic E-state index is 0.792. The molecular formula is C17H12N4S. The van der Waals surface area contributed by atoms with Crippen LogP contribution in [0.25, 0.3) is 21.1 Å². The lowest BCUT2D eigenvalue weighted by Gasteiger charge is -1.98. The third-order valence-corrected chi connectivity index (χ3v) is 4.24. The van der Waals surface area contributed by atoms with E-state index in [2.05, 4.69) is 32.6 Å². The summed E-state index contributed by atoms with van der Waals surface area (Å²) < 4.78 is 1.15. The zero-order valence-electron chi connectivity index (χ0n) is 11.6. The fourth-order valence-corrected chi connectivity index (χ4v) is 3.07. The molecule has 0 atom stereocenters. The van der Waals surface area contributed by atoms with Crippen molar-refractivity contribution >= 4 is 43.8 Å². The Balaban J connectivity index is 1.55. The average Bonchev–Trinajstić information content (AvgIpc) is 2.97. The van der Waals surface area contributed by atoms with Gasteiger partial charge in [-0.15, -0.1) is 0 Å². The second-order valence-corrected chi connectivity index (χ2v) is 5.84. The Kier molecular flexibility index (Phi) is 3.25. The van der Waals surface area contributed by atoms with E-state index in [0.29, 0.717) is 0 Å². The van der Waals surface area contributed by atoms with E-state index >= 15 is 0 Å². The molecule has 0 aliphatic heterocycles. The van der Waals surface area contributed by atoms with Crippen molar-refractivity contribution in [1.29, 1.82) is 0 Å². The number of pyridine rings is 1. The van der Waals surface area contributed by atoms with E-state index in [1.165, 1.54) is 0 Å². The van der Waals surface area contributed by atoms with Crippen LogP contribution < -0.4 is 5.43 Å². The average molecular weight is 304 g/mol. The normalized spacial score (nSPS) is 11.5. The van der Waals surface area contributed by atoms with Gasteiger partial charge >= 0.3 is 0 Å². The van der Waals surface area contributed by atoms with E-state index in [1.807, 2.05) is 42.5 Å². The zero-order chi connectivity index (χ0) is 14.8. The van der Waals surface area contributed by atoms with Crippen LogP contribution in [0.5, 0.6) is 0 Å². The standard InChI is InChI=1S/C17H12N4S/c1-2-6-16-15(5-1)20-17(22-16)21-19-11-12-7-8-14-13(10-12)4-3-9-18-14/h1-11H,(H,20,21)/b19-11-. The molecule has 4 rings (SSSR count). The molecule has 4 aromatic rings. The molecule has 0 saturated carbocycles. The second-order valence-electron chi connectivity index (χ2n) is 4.81. The number of rotatable bonds is 3. The molecule has 2 heterocycles. The van der Waals surface area contributed by atoms with Crippen molar-refractivity contribution in [2.24, 2.45) is 5.10 Å². The summed E-state index contributed by atoms with van der Waals surface area (Å²) in [6.07, 6.45) is 3.59. The van der Waals surface area contributed by atoms with Gasteiger partial charge in [-0.05, 0) is 35.9 Å². The second kappa shape index (κ2) is 5.54. The van der Waals surface area contributed by atoms with E-state index < -0.39 is 0 Å². The highest BCUT2D eigenvalue weighted by Crippen LogP contribution is 2.25. The Bertz CT molecular complexity index is 941. The molecule has 0 fully saturated rings. The van der Waals surface area contributed by atoms with Gasteiger partial charge in [0.1, 0.15) is 0 Å². The monoisotopic (exact) mass is 304 g/mol. The van der Waals surface area contributed by atoms with Gasteiger partial charge in [-0.3, -0.25) is 10.4 Å². The Hall–Kier alpha value is -2.79. The summed E-state index contributed by atoms with van der Waals surface area (Å²) in [5, 5.41) is 6.16. The quantitative estimate of drug-likeness (QED) is 0.454. The maximum Gasteiger partial charge on any atom is 0.204 e. The smallest absolute Gasteiger partial charge is 0.204 e. The topological polar surface area (TPSA) is 50.2 Å². The third kappa shape index (κ3) is 2.54. The van der Waals surface area contributed by atoms with E-state index in [4.69, 9.17) is 0 Å². The molecule has 0 amide bonds. The van der Waals surface area contributed by atoms with E-state index in [-0.39, 0.29) is 0 Å². The van der Waals surface area contributed by atoms with Crippen LogP contribution in [0, 0.1) is 0 Å². The van der Waals surface area contributed by atoms with Crippen molar-refractivity contribution in [3.63, 3.8) is 0 Å².